The molecule has 21 heavy (non-hydrogen) atoms. The van der Waals surface area contributed by atoms with Crippen LogP contribution in [0, 0.1) is 0 Å². The topological polar surface area (TPSA) is 133 Å². The van der Waals surface area contributed by atoms with Crippen molar-refractivity contribution in [1.82, 2.24) is 10.6 Å². The molecule has 0 aliphatic heterocycles. The van der Waals surface area contributed by atoms with Crippen LogP contribution >= 0.6 is 21.6 Å². The van der Waals surface area contributed by atoms with Crippen LogP contribution in [-0.2, 0) is 18.3 Å². The van der Waals surface area contributed by atoms with Gasteiger partial charge in [0.2, 0.25) is 0 Å². The van der Waals surface area contributed by atoms with Gasteiger partial charge in [0.15, 0.2) is 0 Å². The van der Waals surface area contributed by atoms with Crippen molar-refractivity contribution in [3.63, 3.8) is 0 Å². The highest BCUT2D eigenvalue weighted by atomic mass is 33.2. The molecule has 0 aliphatic carbocycles. The van der Waals surface area contributed by atoms with E-state index in [4.69, 9.17) is 9.11 Å². The van der Waals surface area contributed by atoms with Gasteiger partial charge in [-0.05, 0) is 47.5 Å². The summed E-state index contributed by atoms with van der Waals surface area (Å²) >= 11 is 0. The van der Waals surface area contributed by atoms with Crippen molar-refractivity contribution < 1.29 is 25.9 Å². The van der Waals surface area contributed by atoms with E-state index in [0.29, 0.717) is 46.2 Å². The Morgan fingerprint density at radius 3 is 1.38 bits per heavy atom. The average Bonchev–Trinajstić information content (AvgIpc) is 2.32. The third-order valence-electron chi connectivity index (χ3n) is 2.23. The molecule has 0 rings (SSSR count). The van der Waals surface area contributed by atoms with Crippen molar-refractivity contribution in [2.45, 2.75) is 19.3 Å². The van der Waals surface area contributed by atoms with E-state index in [0.717, 1.165) is 32.4 Å². The second-order valence-corrected chi connectivity index (χ2v) is 11.0. The van der Waals surface area contributed by atoms with Gasteiger partial charge in [-0.1, -0.05) is 6.42 Å². The Morgan fingerprint density at radius 2 is 1.05 bits per heavy atom. The lowest BCUT2D eigenvalue weighted by molar-refractivity contribution is 0.500. The van der Waals surface area contributed by atoms with Crippen LogP contribution in [0.15, 0.2) is 0 Å². The fourth-order valence-corrected chi connectivity index (χ4v) is 4.01. The van der Waals surface area contributed by atoms with Crippen molar-refractivity contribution in [2.24, 2.45) is 0 Å². The molecule has 12 heteroatoms. The van der Waals surface area contributed by atoms with Crippen LogP contribution in [0.2, 0.25) is 0 Å². The Hall–Kier alpha value is 0.440. The molecule has 0 amide bonds. The zero-order valence-electron chi connectivity index (χ0n) is 11.5. The van der Waals surface area contributed by atoms with Crippen LogP contribution in [-0.4, -0.2) is 63.6 Å². The first-order chi connectivity index (χ1) is 9.71. The molecular formula is C9H22N2O6S4. The number of hydrogen-bond acceptors (Lipinski definition) is 8. The predicted molar refractivity (Wildman–Crippen MR) is 87.6 cm³/mol. The summed E-state index contributed by atoms with van der Waals surface area (Å²) in [6.07, 6.45) is 2.91. The fourth-order valence-electron chi connectivity index (χ4n) is 1.37. The highest BCUT2D eigenvalue weighted by Gasteiger charge is 2.04. The molecule has 0 atom stereocenters. The Balaban J connectivity index is 3.16. The molecule has 4 N–H and O–H groups in total. The van der Waals surface area contributed by atoms with Crippen molar-refractivity contribution >= 4 is 39.9 Å². The molecule has 0 aromatic carbocycles. The number of hydrogen-bond donors (Lipinski definition) is 4. The maximum Gasteiger partial charge on any atom is 0.319 e. The normalized spacial score (nSPS) is 12.7. The summed E-state index contributed by atoms with van der Waals surface area (Å²) in [5.74, 6) is 0.623. The van der Waals surface area contributed by atoms with Gasteiger partial charge < -0.3 is 10.6 Å². The van der Waals surface area contributed by atoms with Crippen molar-refractivity contribution in [3.8, 4) is 0 Å². The van der Waals surface area contributed by atoms with Crippen LogP contribution in [0.5, 0.6) is 0 Å². The van der Waals surface area contributed by atoms with E-state index in [1.54, 1.807) is 0 Å². The minimum atomic E-state index is -3.93. The van der Waals surface area contributed by atoms with E-state index in [9.17, 15) is 16.8 Å². The van der Waals surface area contributed by atoms with Gasteiger partial charge in [-0.3, -0.25) is 9.11 Å². The lowest BCUT2D eigenvalue weighted by Gasteiger charge is -2.05. The molecule has 0 bridgehead atoms. The standard InChI is InChI=1S/C9H22N2O6S4/c12-20(13,14)18-8-6-10-4-2-1-3-5-11-7-9-19-21(15,16)17/h10-11H,1-9H2,(H,12,13,14)(H,15,16,17). The summed E-state index contributed by atoms with van der Waals surface area (Å²) in [5.41, 5.74) is 0. The first kappa shape index (κ1) is 21.4. The monoisotopic (exact) mass is 382 g/mol. The fraction of sp³-hybridized carbons (Fsp3) is 1.00. The summed E-state index contributed by atoms with van der Waals surface area (Å²) in [6.45, 7) is 2.61. The van der Waals surface area contributed by atoms with E-state index >= 15 is 0 Å². The van der Waals surface area contributed by atoms with E-state index in [-0.39, 0.29) is 0 Å². The molecule has 0 fully saturated rings. The summed E-state index contributed by atoms with van der Waals surface area (Å²) in [5, 5.41) is 6.14. The molecule has 0 aromatic heterocycles. The molecule has 128 valence electrons. The summed E-state index contributed by atoms with van der Waals surface area (Å²) in [6, 6.07) is 0. The third-order valence-corrected chi connectivity index (χ3v) is 6.35. The van der Waals surface area contributed by atoms with Crippen LogP contribution < -0.4 is 10.6 Å². The van der Waals surface area contributed by atoms with E-state index < -0.39 is 18.3 Å². The third kappa shape index (κ3) is 20.4. The van der Waals surface area contributed by atoms with Gasteiger partial charge >= 0.3 is 18.3 Å². The van der Waals surface area contributed by atoms with Gasteiger partial charge in [-0.25, -0.2) is 0 Å². The average molecular weight is 383 g/mol. The SMILES string of the molecule is O=S(=O)(O)SCCNCCCCCNCCSS(=O)(=O)O. The first-order valence-corrected chi connectivity index (χ1v) is 12.2. The summed E-state index contributed by atoms with van der Waals surface area (Å²) < 4.78 is 58.6. The molecule has 0 saturated carbocycles. The second kappa shape index (κ2) is 11.9. The second-order valence-electron chi connectivity index (χ2n) is 4.06. The van der Waals surface area contributed by atoms with E-state index in [1.165, 1.54) is 0 Å². The minimum absolute atomic E-state index is 0.311. The molecule has 0 aromatic rings. The van der Waals surface area contributed by atoms with Gasteiger partial charge in [0.05, 0.1) is 0 Å². The van der Waals surface area contributed by atoms with Crippen LogP contribution in [0.1, 0.15) is 19.3 Å². The maximum absolute atomic E-state index is 10.4. The zero-order chi connectivity index (χ0) is 16.2. The predicted octanol–water partition coefficient (Wildman–Crippen LogP) is 0.408. The van der Waals surface area contributed by atoms with Gasteiger partial charge in [-0.15, -0.1) is 0 Å². The Kier molecular flexibility index (Phi) is 12.2. The summed E-state index contributed by atoms with van der Waals surface area (Å²) in [4.78, 5) is 0. The van der Waals surface area contributed by atoms with Gasteiger partial charge in [0.25, 0.3) is 0 Å². The molecule has 0 radical (unpaired) electrons. The lowest BCUT2D eigenvalue weighted by Crippen LogP contribution is -2.21. The van der Waals surface area contributed by atoms with E-state index in [2.05, 4.69) is 10.6 Å². The van der Waals surface area contributed by atoms with Crippen molar-refractivity contribution in [3.05, 3.63) is 0 Å². The van der Waals surface area contributed by atoms with Crippen LogP contribution in [0.25, 0.3) is 0 Å². The highest BCUT2D eigenvalue weighted by molar-refractivity contribution is 8.70. The lowest BCUT2D eigenvalue weighted by atomic mass is 10.2. The largest absolute Gasteiger partial charge is 0.319 e. The molecule has 0 saturated heterocycles. The quantitative estimate of drug-likeness (QED) is 0.190. The molecule has 0 spiro atoms. The molecule has 8 nitrogen and oxygen atoms in total. The molecule has 0 unspecified atom stereocenters. The smallest absolute Gasteiger partial charge is 0.316 e. The first-order valence-electron chi connectivity index (χ1n) is 6.36. The minimum Gasteiger partial charge on any atom is -0.316 e. The van der Waals surface area contributed by atoms with Crippen LogP contribution in [0.3, 0.4) is 0 Å². The van der Waals surface area contributed by atoms with Crippen LogP contribution in [0.4, 0.5) is 0 Å². The van der Waals surface area contributed by atoms with Gasteiger partial charge in [-0.2, -0.15) is 16.8 Å². The molecular weight excluding hydrogens is 360 g/mol. The Bertz CT molecular complexity index is 411. The Morgan fingerprint density at radius 1 is 0.667 bits per heavy atom. The summed E-state index contributed by atoms with van der Waals surface area (Å²) in [7, 11) is -6.85. The zero-order valence-corrected chi connectivity index (χ0v) is 14.8. The number of nitrogens with one attached hydrogen (secondary N) is 2. The van der Waals surface area contributed by atoms with Gasteiger partial charge in [0, 0.05) is 24.6 Å². The maximum atomic E-state index is 10.4. The molecule has 0 aliphatic rings. The Labute approximate surface area is 133 Å². The van der Waals surface area contributed by atoms with Gasteiger partial charge in [0.1, 0.15) is 0 Å². The molecule has 0 heterocycles. The highest BCUT2D eigenvalue weighted by Crippen LogP contribution is 2.07. The number of unbranched alkanes of at least 4 members (excludes halogenated alkanes) is 2. The van der Waals surface area contributed by atoms with Crippen molar-refractivity contribution in [2.75, 3.05) is 37.7 Å². The number of rotatable bonds is 14. The van der Waals surface area contributed by atoms with Crippen molar-refractivity contribution in [1.29, 1.82) is 0 Å². The van der Waals surface area contributed by atoms with E-state index in [1.807, 2.05) is 0 Å².